The molecule has 0 bridgehead atoms. The molecule has 1 aromatic carbocycles. The first-order chi connectivity index (χ1) is 9.44. The number of aliphatic hydroxyl groups is 1. The summed E-state index contributed by atoms with van der Waals surface area (Å²) < 4.78 is 43.8. The summed E-state index contributed by atoms with van der Waals surface area (Å²) in [6.07, 6.45) is -0.462. The molecule has 1 heterocycles. The van der Waals surface area contributed by atoms with E-state index in [-0.39, 0.29) is 25.3 Å². The van der Waals surface area contributed by atoms with Crippen LogP contribution in [-0.4, -0.2) is 49.9 Å². The maximum Gasteiger partial charge on any atom is 0.217 e. The molecule has 0 radical (unpaired) electrons. The van der Waals surface area contributed by atoms with Crippen LogP contribution in [0.1, 0.15) is 18.0 Å². The highest BCUT2D eigenvalue weighted by atomic mass is 32.2. The van der Waals surface area contributed by atoms with E-state index in [2.05, 4.69) is 0 Å². The highest BCUT2D eigenvalue weighted by molar-refractivity contribution is 7.89. The number of sulfonamides is 1. The van der Waals surface area contributed by atoms with E-state index >= 15 is 0 Å². The van der Waals surface area contributed by atoms with Gasteiger partial charge in [0.15, 0.2) is 0 Å². The molecule has 1 aromatic rings. The van der Waals surface area contributed by atoms with Crippen molar-refractivity contribution >= 4 is 10.0 Å². The molecule has 0 aliphatic carbocycles. The van der Waals surface area contributed by atoms with E-state index in [1.165, 1.54) is 29.6 Å². The lowest BCUT2D eigenvalue weighted by Gasteiger charge is -2.24. The summed E-state index contributed by atoms with van der Waals surface area (Å²) in [5.74, 6) is -0.569. The minimum atomic E-state index is -3.54. The van der Waals surface area contributed by atoms with Crippen molar-refractivity contribution in [2.24, 2.45) is 0 Å². The standard InChI is InChI=1S/C13H18FNO4S/c1-19-5-6-20(17,18)15-9-12(16)8-13(15)10-3-2-4-11(14)7-10/h2-4,7,12-13,16H,5-6,8-9H2,1H3/t12-,13+/m1/s1. The molecule has 0 saturated carbocycles. The van der Waals surface area contributed by atoms with Crippen LogP contribution >= 0.6 is 0 Å². The molecule has 2 rings (SSSR count). The van der Waals surface area contributed by atoms with Crippen LogP contribution in [0.2, 0.25) is 0 Å². The van der Waals surface area contributed by atoms with Crippen molar-refractivity contribution in [3.63, 3.8) is 0 Å². The van der Waals surface area contributed by atoms with E-state index in [4.69, 9.17) is 4.74 Å². The van der Waals surface area contributed by atoms with Crippen molar-refractivity contribution < 1.29 is 22.7 Å². The number of aliphatic hydroxyl groups excluding tert-OH is 1. The first kappa shape index (κ1) is 15.4. The third-order valence-electron chi connectivity index (χ3n) is 3.37. The van der Waals surface area contributed by atoms with Crippen molar-refractivity contribution in [1.82, 2.24) is 4.31 Å². The molecular formula is C13H18FNO4S. The Kier molecular flexibility index (Phi) is 4.74. The van der Waals surface area contributed by atoms with E-state index in [0.717, 1.165) is 0 Å². The average molecular weight is 303 g/mol. The number of ether oxygens (including phenoxy) is 1. The minimum absolute atomic E-state index is 0.0349. The first-order valence-corrected chi connectivity index (χ1v) is 7.97. The molecule has 0 spiro atoms. The molecule has 1 aliphatic rings. The van der Waals surface area contributed by atoms with Crippen molar-refractivity contribution in [2.45, 2.75) is 18.6 Å². The normalized spacial score (nSPS) is 24.1. The van der Waals surface area contributed by atoms with Gasteiger partial charge in [-0.25, -0.2) is 12.8 Å². The zero-order valence-electron chi connectivity index (χ0n) is 11.2. The Morgan fingerprint density at radius 3 is 2.90 bits per heavy atom. The van der Waals surface area contributed by atoms with Gasteiger partial charge in [-0.1, -0.05) is 12.1 Å². The Hall–Kier alpha value is -1.02. The summed E-state index contributed by atoms with van der Waals surface area (Å²) in [5, 5.41) is 9.76. The van der Waals surface area contributed by atoms with Crippen LogP contribution < -0.4 is 0 Å². The van der Waals surface area contributed by atoms with Gasteiger partial charge < -0.3 is 9.84 Å². The highest BCUT2D eigenvalue weighted by Crippen LogP contribution is 2.34. The quantitative estimate of drug-likeness (QED) is 0.878. The highest BCUT2D eigenvalue weighted by Gasteiger charge is 2.39. The molecule has 1 aliphatic heterocycles. The zero-order chi connectivity index (χ0) is 14.8. The molecule has 112 valence electrons. The van der Waals surface area contributed by atoms with Gasteiger partial charge in [0.05, 0.1) is 24.5 Å². The van der Waals surface area contributed by atoms with Crippen LogP contribution in [0.4, 0.5) is 4.39 Å². The Morgan fingerprint density at radius 1 is 1.50 bits per heavy atom. The number of β-amino-alcohol motifs (C(OH)–C–C–N with tert-alkyl or cyclic N) is 1. The van der Waals surface area contributed by atoms with Crippen molar-refractivity contribution in [3.05, 3.63) is 35.6 Å². The maximum absolute atomic E-state index is 13.3. The lowest BCUT2D eigenvalue weighted by molar-refractivity contribution is 0.188. The second-order valence-corrected chi connectivity index (χ2v) is 6.88. The molecule has 0 amide bonds. The number of nitrogens with zero attached hydrogens (tertiary/aromatic N) is 1. The fraction of sp³-hybridized carbons (Fsp3) is 0.538. The molecule has 20 heavy (non-hydrogen) atoms. The van der Waals surface area contributed by atoms with Crippen molar-refractivity contribution in [1.29, 1.82) is 0 Å². The Labute approximate surface area is 118 Å². The predicted octanol–water partition coefficient (Wildman–Crippen LogP) is 0.910. The van der Waals surface area contributed by atoms with E-state index < -0.39 is 28.0 Å². The minimum Gasteiger partial charge on any atom is -0.392 e. The molecule has 2 atom stereocenters. The monoisotopic (exact) mass is 303 g/mol. The molecular weight excluding hydrogens is 285 g/mol. The van der Waals surface area contributed by atoms with E-state index in [1.54, 1.807) is 6.07 Å². The van der Waals surface area contributed by atoms with Crippen molar-refractivity contribution in [2.75, 3.05) is 26.0 Å². The summed E-state index contributed by atoms with van der Waals surface area (Å²) in [6, 6.07) is 5.29. The Balaban J connectivity index is 2.27. The lowest BCUT2D eigenvalue weighted by Crippen LogP contribution is -2.34. The van der Waals surface area contributed by atoms with Gasteiger partial charge in [0.25, 0.3) is 0 Å². The van der Waals surface area contributed by atoms with Gasteiger partial charge in [-0.15, -0.1) is 0 Å². The maximum atomic E-state index is 13.3. The van der Waals surface area contributed by atoms with Crippen molar-refractivity contribution in [3.8, 4) is 0 Å². The number of methoxy groups -OCH3 is 1. The summed E-state index contributed by atoms with van der Waals surface area (Å²) >= 11 is 0. The van der Waals surface area contributed by atoms with E-state index in [9.17, 15) is 17.9 Å². The largest absolute Gasteiger partial charge is 0.392 e. The van der Waals surface area contributed by atoms with Gasteiger partial charge in [0, 0.05) is 13.7 Å². The molecule has 0 aromatic heterocycles. The summed E-state index contributed by atoms with van der Waals surface area (Å²) in [4.78, 5) is 0. The fourth-order valence-corrected chi connectivity index (χ4v) is 4.02. The predicted molar refractivity (Wildman–Crippen MR) is 72.1 cm³/mol. The van der Waals surface area contributed by atoms with E-state index in [0.29, 0.717) is 5.56 Å². The number of hydrogen-bond donors (Lipinski definition) is 1. The van der Waals surface area contributed by atoms with Gasteiger partial charge in [0.1, 0.15) is 5.82 Å². The third kappa shape index (κ3) is 3.35. The molecule has 5 nitrogen and oxygen atoms in total. The average Bonchev–Trinajstić information content (AvgIpc) is 2.79. The molecule has 1 fully saturated rings. The summed E-state index contributed by atoms with van der Waals surface area (Å²) in [5.41, 5.74) is 0.558. The van der Waals surface area contributed by atoms with Crippen LogP contribution in [0, 0.1) is 5.82 Å². The lowest BCUT2D eigenvalue weighted by atomic mass is 10.0. The van der Waals surface area contributed by atoms with Gasteiger partial charge in [0.2, 0.25) is 10.0 Å². The van der Waals surface area contributed by atoms with E-state index in [1.807, 2.05) is 0 Å². The zero-order valence-corrected chi connectivity index (χ0v) is 12.0. The summed E-state index contributed by atoms with van der Waals surface area (Å²) in [6.45, 7) is 0.123. The first-order valence-electron chi connectivity index (χ1n) is 6.36. The van der Waals surface area contributed by atoms with Crippen LogP contribution in [0.5, 0.6) is 0 Å². The Morgan fingerprint density at radius 2 is 2.25 bits per heavy atom. The number of benzene rings is 1. The second-order valence-electron chi connectivity index (χ2n) is 4.84. The Bertz CT molecular complexity index is 563. The number of halogens is 1. The molecule has 1 N–H and O–H groups in total. The molecule has 0 unspecified atom stereocenters. The topological polar surface area (TPSA) is 66.8 Å². The van der Waals surface area contributed by atoms with Gasteiger partial charge in [-0.2, -0.15) is 4.31 Å². The second kappa shape index (κ2) is 6.17. The van der Waals surface area contributed by atoms with Gasteiger partial charge in [-0.3, -0.25) is 0 Å². The van der Waals surface area contributed by atoms with Gasteiger partial charge in [-0.05, 0) is 24.1 Å². The SMILES string of the molecule is COCCS(=O)(=O)N1C[C@H](O)C[C@H]1c1cccc(F)c1. The van der Waals surface area contributed by atoms with Crippen LogP contribution in [0.3, 0.4) is 0 Å². The number of rotatable bonds is 5. The molecule has 7 heteroatoms. The smallest absolute Gasteiger partial charge is 0.217 e. The fourth-order valence-electron chi connectivity index (χ4n) is 2.41. The van der Waals surface area contributed by atoms with Crippen LogP contribution in [-0.2, 0) is 14.8 Å². The van der Waals surface area contributed by atoms with Gasteiger partial charge >= 0.3 is 0 Å². The molecule has 1 saturated heterocycles. The van der Waals surface area contributed by atoms with Crippen LogP contribution in [0.15, 0.2) is 24.3 Å². The third-order valence-corrected chi connectivity index (χ3v) is 5.17. The van der Waals surface area contributed by atoms with Crippen LogP contribution in [0.25, 0.3) is 0 Å². The number of hydrogen-bond acceptors (Lipinski definition) is 4. The summed E-state index contributed by atoms with van der Waals surface area (Å²) in [7, 11) is -2.11.